The number of ether oxygens (including phenoxy) is 1. The van der Waals surface area contributed by atoms with Crippen LogP contribution in [0.25, 0.3) is 0 Å². The van der Waals surface area contributed by atoms with Gasteiger partial charge in [-0.3, -0.25) is 9.69 Å². The highest BCUT2D eigenvalue weighted by atomic mass is 32.2. The summed E-state index contributed by atoms with van der Waals surface area (Å²) < 4.78 is 34.2. The Morgan fingerprint density at radius 1 is 1.10 bits per heavy atom. The predicted molar refractivity (Wildman–Crippen MR) is 159 cm³/mol. The maximum absolute atomic E-state index is 13.8. The maximum Gasteiger partial charge on any atom is 0.311 e. The molecule has 41 heavy (non-hydrogen) atoms. The Labute approximate surface area is 243 Å². The highest BCUT2D eigenvalue weighted by molar-refractivity contribution is 7.89. The zero-order chi connectivity index (χ0) is 29.7. The van der Waals surface area contributed by atoms with E-state index in [1.807, 2.05) is 12.1 Å². The van der Waals surface area contributed by atoms with Crippen LogP contribution in [0.4, 0.5) is 0 Å². The number of hydrogen-bond acceptors (Lipinski definition) is 8. The average molecular weight is 584 g/mol. The van der Waals surface area contributed by atoms with E-state index in [1.165, 1.54) is 27.6 Å². The number of sulfonamides is 1. The average Bonchev–Trinajstić information content (AvgIpc) is 3.65. The summed E-state index contributed by atoms with van der Waals surface area (Å²) in [5.41, 5.74) is 3.53. The molecule has 2 fully saturated rings. The number of likely N-dealkylation sites (tertiary alicyclic amines) is 1. The van der Waals surface area contributed by atoms with Crippen molar-refractivity contribution in [3.8, 4) is 5.75 Å². The Hall–Kier alpha value is -3.25. The molecule has 0 bridgehead atoms. The molecule has 1 saturated carbocycles. The molecular weight excluding hydrogens is 542 g/mol. The number of rotatable bonds is 11. The largest absolute Gasteiger partial charge is 0.497 e. The van der Waals surface area contributed by atoms with Gasteiger partial charge in [0.25, 0.3) is 0 Å². The number of carbonyl (C=O) groups is 1. The number of likely N-dealkylation sites (N-methyl/N-ethyl adjacent to an activating group) is 1. The van der Waals surface area contributed by atoms with E-state index in [0.717, 1.165) is 38.0 Å². The van der Waals surface area contributed by atoms with Crippen molar-refractivity contribution in [3.05, 3.63) is 70.9 Å². The van der Waals surface area contributed by atoms with Crippen LogP contribution in [0.2, 0.25) is 0 Å². The lowest BCUT2D eigenvalue weighted by Crippen LogP contribution is -2.37. The molecular formula is C30H41N5O5S. The standard InChI is InChI=1S/C30H41N5O5S/c1-21-16-27(39-5)17-22(2)28(21)41(37,38)35(26-12-13-26)18-23(3)32-29(40-31)30(36)33(4)19-24-8-10-25(11-9-24)20-34-14-6-7-15-34/h8-11,16-17,26H,3,6-7,12-15,18-20,31H2,1-2,4-5H3. The van der Waals surface area contributed by atoms with Crippen LogP contribution in [-0.4, -0.2) is 74.2 Å². The minimum atomic E-state index is -3.87. The van der Waals surface area contributed by atoms with Gasteiger partial charge in [0, 0.05) is 26.2 Å². The van der Waals surface area contributed by atoms with Gasteiger partial charge < -0.3 is 14.5 Å². The predicted octanol–water partition coefficient (Wildman–Crippen LogP) is 3.52. The van der Waals surface area contributed by atoms with E-state index in [9.17, 15) is 13.2 Å². The van der Waals surface area contributed by atoms with E-state index in [2.05, 4.69) is 28.6 Å². The van der Waals surface area contributed by atoms with Crippen LogP contribution < -0.4 is 10.6 Å². The number of nitrogens with two attached hydrogens (primary N) is 1. The number of benzene rings is 2. The second-order valence-corrected chi connectivity index (χ2v) is 12.8. The van der Waals surface area contributed by atoms with Crippen LogP contribution in [0.5, 0.6) is 5.75 Å². The summed E-state index contributed by atoms with van der Waals surface area (Å²) >= 11 is 0. The van der Waals surface area contributed by atoms with Gasteiger partial charge >= 0.3 is 11.8 Å². The molecule has 0 spiro atoms. The monoisotopic (exact) mass is 583 g/mol. The quantitative estimate of drug-likeness (QED) is 0.244. The molecule has 2 aliphatic rings. The molecule has 0 radical (unpaired) electrons. The van der Waals surface area contributed by atoms with Crippen molar-refractivity contribution in [2.75, 3.05) is 33.8 Å². The second-order valence-electron chi connectivity index (χ2n) is 10.9. The van der Waals surface area contributed by atoms with Crippen LogP contribution in [0.15, 0.2) is 58.6 Å². The minimum Gasteiger partial charge on any atom is -0.497 e. The fourth-order valence-corrected chi connectivity index (χ4v) is 7.36. The molecule has 2 N–H and O–H groups in total. The van der Waals surface area contributed by atoms with Gasteiger partial charge in [0.05, 0.1) is 24.2 Å². The smallest absolute Gasteiger partial charge is 0.311 e. The van der Waals surface area contributed by atoms with Gasteiger partial charge in [-0.2, -0.15) is 10.2 Å². The van der Waals surface area contributed by atoms with Gasteiger partial charge in [0.15, 0.2) is 0 Å². The van der Waals surface area contributed by atoms with Crippen molar-refractivity contribution in [1.29, 1.82) is 0 Å². The molecule has 0 unspecified atom stereocenters. The zero-order valence-electron chi connectivity index (χ0n) is 24.4. The Balaban J connectivity index is 1.43. The summed E-state index contributed by atoms with van der Waals surface area (Å²) in [7, 11) is -0.696. The van der Waals surface area contributed by atoms with E-state index >= 15 is 0 Å². The van der Waals surface area contributed by atoms with Gasteiger partial charge in [0.2, 0.25) is 10.0 Å². The topological polar surface area (TPSA) is 118 Å². The number of methoxy groups -OCH3 is 1. The fourth-order valence-electron chi connectivity index (χ4n) is 5.27. The Morgan fingerprint density at radius 2 is 1.68 bits per heavy atom. The first-order chi connectivity index (χ1) is 19.5. The van der Waals surface area contributed by atoms with E-state index in [4.69, 9.17) is 15.5 Å². The molecule has 0 atom stereocenters. The first-order valence-electron chi connectivity index (χ1n) is 13.9. The number of aryl methyl sites for hydroxylation is 2. The minimum absolute atomic E-state index is 0.0970. The Kier molecular flexibility index (Phi) is 9.85. The van der Waals surface area contributed by atoms with E-state index in [-0.39, 0.29) is 29.1 Å². The molecule has 1 aliphatic carbocycles. The van der Waals surface area contributed by atoms with E-state index in [1.54, 1.807) is 40.1 Å². The third-order valence-corrected chi connectivity index (χ3v) is 9.68. The highest BCUT2D eigenvalue weighted by Gasteiger charge is 2.40. The third-order valence-electron chi connectivity index (χ3n) is 7.48. The van der Waals surface area contributed by atoms with Crippen LogP contribution in [-0.2, 0) is 32.7 Å². The highest BCUT2D eigenvalue weighted by Crippen LogP contribution is 2.36. The molecule has 1 aliphatic heterocycles. The molecule has 1 amide bonds. The van der Waals surface area contributed by atoms with Crippen LogP contribution in [0, 0.1) is 13.8 Å². The van der Waals surface area contributed by atoms with Crippen LogP contribution in [0.1, 0.15) is 47.9 Å². The number of carbonyl (C=O) groups excluding carboxylic acids is 1. The van der Waals surface area contributed by atoms with Crippen molar-refractivity contribution in [1.82, 2.24) is 14.1 Å². The van der Waals surface area contributed by atoms with Gasteiger partial charge in [-0.25, -0.2) is 13.4 Å². The number of nitrogens with zero attached hydrogens (tertiary/aromatic N) is 4. The normalized spacial score (nSPS) is 16.2. The van der Waals surface area contributed by atoms with Gasteiger partial charge in [0.1, 0.15) is 5.75 Å². The summed E-state index contributed by atoms with van der Waals surface area (Å²) in [4.78, 5) is 26.3. The first-order valence-corrected chi connectivity index (χ1v) is 15.3. The number of hydrogen-bond donors (Lipinski definition) is 1. The Bertz CT molecular complexity index is 1370. The molecule has 11 heteroatoms. The summed E-state index contributed by atoms with van der Waals surface area (Å²) in [6.45, 7) is 10.9. The SMILES string of the molecule is C=C(CN(C1CC1)S(=O)(=O)c1c(C)cc(OC)cc1C)N=C(ON)C(=O)N(C)Cc1ccc(CN2CCCC2)cc1. The Morgan fingerprint density at radius 3 is 2.22 bits per heavy atom. The van der Waals surface area contributed by atoms with Crippen molar-refractivity contribution in [2.45, 2.75) is 63.6 Å². The molecule has 1 heterocycles. The second kappa shape index (κ2) is 13.2. The number of aliphatic imine (C=N–C) groups is 1. The molecule has 2 aromatic carbocycles. The molecule has 0 aromatic heterocycles. The summed E-state index contributed by atoms with van der Waals surface area (Å²) in [6.07, 6.45) is 3.98. The van der Waals surface area contributed by atoms with Crippen molar-refractivity contribution >= 4 is 21.8 Å². The van der Waals surface area contributed by atoms with Gasteiger partial charge in [-0.15, -0.1) is 0 Å². The van der Waals surface area contributed by atoms with Gasteiger partial charge in [-0.05, 0) is 87.0 Å². The summed E-state index contributed by atoms with van der Waals surface area (Å²) in [6, 6.07) is 11.4. The molecule has 4 rings (SSSR count). The van der Waals surface area contributed by atoms with Crippen LogP contribution in [0.3, 0.4) is 0 Å². The van der Waals surface area contributed by atoms with E-state index in [0.29, 0.717) is 23.4 Å². The molecule has 222 valence electrons. The van der Waals surface area contributed by atoms with Crippen molar-refractivity contribution in [3.63, 3.8) is 0 Å². The van der Waals surface area contributed by atoms with Crippen LogP contribution >= 0.6 is 0 Å². The summed E-state index contributed by atoms with van der Waals surface area (Å²) in [5, 5.41) is 0. The first kappa shape index (κ1) is 30.7. The molecule has 10 nitrogen and oxygen atoms in total. The number of amides is 1. The van der Waals surface area contributed by atoms with Crippen molar-refractivity contribution < 1.29 is 22.8 Å². The van der Waals surface area contributed by atoms with Crippen molar-refractivity contribution in [2.24, 2.45) is 10.9 Å². The molecule has 1 saturated heterocycles. The van der Waals surface area contributed by atoms with E-state index < -0.39 is 15.9 Å². The summed E-state index contributed by atoms with van der Waals surface area (Å²) in [5.74, 6) is 5.14. The lowest BCUT2D eigenvalue weighted by molar-refractivity contribution is -0.125. The third kappa shape index (κ3) is 7.53. The lowest BCUT2D eigenvalue weighted by atomic mass is 10.1. The lowest BCUT2D eigenvalue weighted by Gasteiger charge is -2.24. The molecule has 2 aromatic rings. The maximum atomic E-state index is 13.8. The fraction of sp³-hybridized carbons (Fsp3) is 0.467. The zero-order valence-corrected chi connectivity index (χ0v) is 25.2. The van der Waals surface area contributed by atoms with Gasteiger partial charge in [-0.1, -0.05) is 30.8 Å².